The van der Waals surface area contributed by atoms with Gasteiger partial charge in [-0.05, 0) is 20.3 Å². The molecule has 17 heavy (non-hydrogen) atoms. The molecule has 1 aromatic rings. The van der Waals surface area contributed by atoms with Crippen LogP contribution < -0.4 is 10.6 Å². The van der Waals surface area contributed by atoms with Crippen LogP contribution in [0.15, 0.2) is 0 Å². The monoisotopic (exact) mass is 238 g/mol. The summed E-state index contributed by atoms with van der Waals surface area (Å²) in [6.45, 7) is 6.01. The summed E-state index contributed by atoms with van der Waals surface area (Å²) in [5, 5.41) is 9.18. The minimum Gasteiger partial charge on any atom is -0.394 e. The lowest BCUT2D eigenvalue weighted by Crippen LogP contribution is -2.33. The summed E-state index contributed by atoms with van der Waals surface area (Å²) in [6, 6.07) is 0.0116. The van der Waals surface area contributed by atoms with E-state index in [-0.39, 0.29) is 12.6 Å². The molecule has 1 heterocycles. The summed E-state index contributed by atoms with van der Waals surface area (Å²) in [5.74, 6) is 2.10. The van der Waals surface area contributed by atoms with E-state index in [9.17, 15) is 5.11 Å². The number of hydrogen-bond acceptors (Lipinski definition) is 5. The van der Waals surface area contributed by atoms with Gasteiger partial charge >= 0.3 is 0 Å². The molecule has 0 bridgehead atoms. The summed E-state index contributed by atoms with van der Waals surface area (Å²) in [5.41, 5.74) is 6.76. The molecule has 0 spiro atoms. The molecule has 0 radical (unpaired) electrons. The molecule has 1 aromatic heterocycles. The van der Waals surface area contributed by atoms with Crippen LogP contribution in [-0.4, -0.2) is 34.8 Å². The molecule has 0 aliphatic heterocycles. The Labute approximate surface area is 103 Å². The predicted octanol–water partition coefficient (Wildman–Crippen LogP) is 1.14. The second-order valence-corrected chi connectivity index (χ2v) is 4.37. The minimum absolute atomic E-state index is 0.0116. The first-order chi connectivity index (χ1) is 8.01. The number of aryl methyl sites for hydroxylation is 1. The summed E-state index contributed by atoms with van der Waals surface area (Å²) in [7, 11) is 1.91. The van der Waals surface area contributed by atoms with Crippen LogP contribution in [0.5, 0.6) is 0 Å². The fourth-order valence-corrected chi connectivity index (χ4v) is 1.58. The smallest absolute Gasteiger partial charge is 0.137 e. The predicted molar refractivity (Wildman–Crippen MR) is 70.1 cm³/mol. The molecular weight excluding hydrogens is 216 g/mol. The maximum Gasteiger partial charge on any atom is 0.137 e. The molecule has 0 aliphatic carbocycles. The number of anilines is 2. The van der Waals surface area contributed by atoms with Crippen molar-refractivity contribution < 1.29 is 5.11 Å². The van der Waals surface area contributed by atoms with Crippen LogP contribution >= 0.6 is 0 Å². The Morgan fingerprint density at radius 2 is 2.06 bits per heavy atom. The molecule has 0 saturated heterocycles. The molecule has 3 N–H and O–H groups in total. The van der Waals surface area contributed by atoms with Crippen molar-refractivity contribution in [3.63, 3.8) is 0 Å². The Balaban J connectivity index is 3.12. The molecule has 1 unspecified atom stereocenters. The highest BCUT2D eigenvalue weighted by Gasteiger charge is 2.16. The molecule has 0 amide bonds. The molecule has 96 valence electrons. The standard InChI is InChI=1S/C12H22N4O/c1-5-6-10-14-11(13)9(3)12(15-10)16(4)8(2)7-17/h8,17H,5-7H2,1-4H3,(H2,13,14,15). The molecule has 5 nitrogen and oxygen atoms in total. The molecule has 0 fully saturated rings. The first kappa shape index (κ1) is 13.7. The number of aliphatic hydroxyl groups excluding tert-OH is 1. The lowest BCUT2D eigenvalue weighted by Gasteiger charge is -2.26. The number of aromatic nitrogens is 2. The van der Waals surface area contributed by atoms with Gasteiger partial charge in [-0.2, -0.15) is 0 Å². The van der Waals surface area contributed by atoms with Crippen LogP contribution in [0.2, 0.25) is 0 Å². The van der Waals surface area contributed by atoms with Gasteiger partial charge in [0, 0.05) is 19.0 Å². The van der Waals surface area contributed by atoms with Crippen molar-refractivity contribution in [1.82, 2.24) is 9.97 Å². The van der Waals surface area contributed by atoms with Gasteiger partial charge in [0.25, 0.3) is 0 Å². The van der Waals surface area contributed by atoms with Crippen LogP contribution in [0.25, 0.3) is 0 Å². The van der Waals surface area contributed by atoms with E-state index < -0.39 is 0 Å². The van der Waals surface area contributed by atoms with E-state index in [1.807, 2.05) is 25.8 Å². The SMILES string of the molecule is CCCc1nc(N)c(C)c(N(C)C(C)CO)n1. The number of likely N-dealkylation sites (N-methyl/N-ethyl adjacent to an activating group) is 1. The van der Waals surface area contributed by atoms with Crippen molar-refractivity contribution in [3.8, 4) is 0 Å². The number of hydrogen-bond donors (Lipinski definition) is 2. The number of aliphatic hydroxyl groups is 1. The van der Waals surface area contributed by atoms with Crippen LogP contribution in [0.4, 0.5) is 11.6 Å². The zero-order chi connectivity index (χ0) is 13.0. The highest BCUT2D eigenvalue weighted by Crippen LogP contribution is 2.22. The van der Waals surface area contributed by atoms with E-state index in [0.29, 0.717) is 5.82 Å². The molecule has 0 aromatic carbocycles. The third-order valence-corrected chi connectivity index (χ3v) is 2.94. The molecular formula is C12H22N4O. The highest BCUT2D eigenvalue weighted by molar-refractivity contribution is 5.56. The average Bonchev–Trinajstić information content (AvgIpc) is 2.32. The third kappa shape index (κ3) is 3.06. The van der Waals surface area contributed by atoms with Gasteiger partial charge < -0.3 is 15.7 Å². The second-order valence-electron chi connectivity index (χ2n) is 4.37. The van der Waals surface area contributed by atoms with Gasteiger partial charge in [-0.1, -0.05) is 6.92 Å². The van der Waals surface area contributed by atoms with E-state index in [0.717, 1.165) is 30.0 Å². The quantitative estimate of drug-likeness (QED) is 0.804. The zero-order valence-corrected chi connectivity index (χ0v) is 11.1. The van der Waals surface area contributed by atoms with E-state index in [1.165, 1.54) is 0 Å². The number of rotatable bonds is 5. The van der Waals surface area contributed by atoms with Crippen molar-refractivity contribution in [3.05, 3.63) is 11.4 Å². The van der Waals surface area contributed by atoms with Crippen LogP contribution in [-0.2, 0) is 6.42 Å². The zero-order valence-electron chi connectivity index (χ0n) is 11.1. The maximum atomic E-state index is 9.18. The second kappa shape index (κ2) is 5.82. The van der Waals surface area contributed by atoms with Gasteiger partial charge in [-0.15, -0.1) is 0 Å². The van der Waals surface area contributed by atoms with Gasteiger partial charge in [0.15, 0.2) is 0 Å². The minimum atomic E-state index is 0.0116. The Kier molecular flexibility index (Phi) is 4.69. The van der Waals surface area contributed by atoms with Gasteiger partial charge in [-0.25, -0.2) is 9.97 Å². The average molecular weight is 238 g/mol. The third-order valence-electron chi connectivity index (χ3n) is 2.94. The Morgan fingerprint density at radius 3 is 2.59 bits per heavy atom. The lowest BCUT2D eigenvalue weighted by molar-refractivity contribution is 0.269. The van der Waals surface area contributed by atoms with Crippen molar-refractivity contribution in [2.24, 2.45) is 0 Å². The lowest BCUT2D eigenvalue weighted by atomic mass is 10.2. The Hall–Kier alpha value is -1.36. The molecule has 0 saturated carbocycles. The molecule has 1 atom stereocenters. The summed E-state index contributed by atoms with van der Waals surface area (Å²) in [6.07, 6.45) is 1.81. The van der Waals surface area contributed by atoms with Gasteiger partial charge in [0.1, 0.15) is 17.5 Å². The fourth-order valence-electron chi connectivity index (χ4n) is 1.58. The first-order valence-corrected chi connectivity index (χ1v) is 5.97. The van der Waals surface area contributed by atoms with Gasteiger partial charge in [-0.3, -0.25) is 0 Å². The van der Waals surface area contributed by atoms with Crippen molar-refractivity contribution in [2.45, 2.75) is 39.7 Å². The molecule has 5 heteroatoms. The maximum absolute atomic E-state index is 9.18. The van der Waals surface area contributed by atoms with E-state index in [1.54, 1.807) is 0 Å². The van der Waals surface area contributed by atoms with Crippen LogP contribution in [0.3, 0.4) is 0 Å². The van der Waals surface area contributed by atoms with Crippen molar-refractivity contribution in [1.29, 1.82) is 0 Å². The summed E-state index contributed by atoms with van der Waals surface area (Å²) < 4.78 is 0. The Bertz CT molecular complexity index is 381. The summed E-state index contributed by atoms with van der Waals surface area (Å²) >= 11 is 0. The molecule has 0 aliphatic rings. The van der Waals surface area contributed by atoms with E-state index in [2.05, 4.69) is 16.9 Å². The van der Waals surface area contributed by atoms with Crippen LogP contribution in [0.1, 0.15) is 31.7 Å². The van der Waals surface area contributed by atoms with E-state index >= 15 is 0 Å². The topological polar surface area (TPSA) is 75.3 Å². The van der Waals surface area contributed by atoms with Gasteiger partial charge in [0.2, 0.25) is 0 Å². The fraction of sp³-hybridized carbons (Fsp3) is 0.667. The number of nitrogen functional groups attached to an aromatic ring is 1. The molecule has 1 rings (SSSR count). The highest BCUT2D eigenvalue weighted by atomic mass is 16.3. The van der Waals surface area contributed by atoms with E-state index in [4.69, 9.17) is 5.73 Å². The van der Waals surface area contributed by atoms with Gasteiger partial charge in [0.05, 0.1) is 12.6 Å². The van der Waals surface area contributed by atoms with Crippen LogP contribution in [0, 0.1) is 6.92 Å². The summed E-state index contributed by atoms with van der Waals surface area (Å²) in [4.78, 5) is 10.7. The van der Waals surface area contributed by atoms with Crippen molar-refractivity contribution in [2.75, 3.05) is 24.3 Å². The van der Waals surface area contributed by atoms with Crippen molar-refractivity contribution >= 4 is 11.6 Å². The first-order valence-electron chi connectivity index (χ1n) is 5.97. The number of nitrogens with zero attached hydrogens (tertiary/aromatic N) is 3. The normalized spacial score (nSPS) is 12.5. The number of nitrogens with two attached hydrogens (primary N) is 1. The Morgan fingerprint density at radius 1 is 1.41 bits per heavy atom. The largest absolute Gasteiger partial charge is 0.394 e.